The second kappa shape index (κ2) is 7.91. The van der Waals surface area contributed by atoms with Crippen LogP contribution < -0.4 is 5.32 Å². The van der Waals surface area contributed by atoms with Crippen molar-refractivity contribution in [3.05, 3.63) is 87.9 Å². The molecular weight excluding hydrogens is 398 g/mol. The first-order chi connectivity index (χ1) is 14.7. The average molecular weight is 420 g/mol. The molecule has 0 aliphatic heterocycles. The van der Waals surface area contributed by atoms with Crippen molar-refractivity contribution in [1.82, 2.24) is 14.8 Å². The quantitative estimate of drug-likeness (QED) is 0.491. The van der Waals surface area contributed by atoms with Crippen molar-refractivity contribution < 1.29 is 13.6 Å². The van der Waals surface area contributed by atoms with Crippen LogP contribution in [-0.2, 0) is 6.54 Å². The first-order valence-corrected chi connectivity index (χ1v) is 9.89. The number of rotatable bonds is 4. The Kier molecular flexibility index (Phi) is 5.27. The van der Waals surface area contributed by atoms with E-state index in [1.807, 2.05) is 39.0 Å². The first kappa shape index (κ1) is 20.7. The molecule has 31 heavy (non-hydrogen) atoms. The van der Waals surface area contributed by atoms with Crippen LogP contribution in [0.3, 0.4) is 0 Å². The molecule has 0 fully saturated rings. The van der Waals surface area contributed by atoms with Crippen molar-refractivity contribution in [3.63, 3.8) is 0 Å². The van der Waals surface area contributed by atoms with Gasteiger partial charge in [0.25, 0.3) is 5.91 Å². The van der Waals surface area contributed by atoms with Gasteiger partial charge in [0.2, 0.25) is 0 Å². The molecule has 1 amide bonds. The van der Waals surface area contributed by atoms with E-state index in [4.69, 9.17) is 0 Å². The van der Waals surface area contributed by atoms with Gasteiger partial charge in [0, 0.05) is 17.1 Å². The molecule has 2 heterocycles. The van der Waals surface area contributed by atoms with E-state index >= 15 is 0 Å². The molecule has 0 atom stereocenters. The molecule has 0 unspecified atom stereocenters. The standard InChI is InChI=1S/C24H22F2N4O/c1-13-5-6-22-20(7-13)21(8-14(2)27-22)24(31)28-23-15(3)29-30(16(23)4)12-17-9-18(25)11-19(26)10-17/h5-11H,12H2,1-4H3,(H,28,31). The number of pyridine rings is 1. The molecule has 0 aliphatic rings. The van der Waals surface area contributed by atoms with E-state index in [-0.39, 0.29) is 12.5 Å². The SMILES string of the molecule is Cc1ccc2nc(C)cc(C(=O)Nc3c(C)nn(Cc4cc(F)cc(F)c4)c3C)c2c1. The van der Waals surface area contributed by atoms with Crippen molar-refractivity contribution >= 4 is 22.5 Å². The average Bonchev–Trinajstić information content (AvgIpc) is 2.94. The molecule has 0 spiro atoms. The summed E-state index contributed by atoms with van der Waals surface area (Å²) in [5, 5.41) is 8.19. The van der Waals surface area contributed by atoms with Crippen LogP contribution in [0, 0.1) is 39.3 Å². The molecule has 0 radical (unpaired) electrons. The van der Waals surface area contributed by atoms with Crippen molar-refractivity contribution in [2.24, 2.45) is 0 Å². The van der Waals surface area contributed by atoms with E-state index in [1.165, 1.54) is 12.1 Å². The van der Waals surface area contributed by atoms with Crippen molar-refractivity contribution in [3.8, 4) is 0 Å². The van der Waals surface area contributed by atoms with Gasteiger partial charge in [0.1, 0.15) is 11.6 Å². The van der Waals surface area contributed by atoms with Crippen molar-refractivity contribution in [1.29, 1.82) is 0 Å². The number of hydrogen-bond donors (Lipinski definition) is 1. The summed E-state index contributed by atoms with van der Waals surface area (Å²) < 4.78 is 28.7. The molecule has 5 nitrogen and oxygen atoms in total. The molecule has 4 rings (SSSR count). The highest BCUT2D eigenvalue weighted by molar-refractivity contribution is 6.12. The van der Waals surface area contributed by atoms with Crippen LogP contribution in [0.4, 0.5) is 14.5 Å². The zero-order chi connectivity index (χ0) is 22.3. The van der Waals surface area contributed by atoms with E-state index in [2.05, 4.69) is 15.4 Å². The lowest BCUT2D eigenvalue weighted by Gasteiger charge is -2.11. The Morgan fingerprint density at radius 2 is 1.71 bits per heavy atom. The number of nitrogens with zero attached hydrogens (tertiary/aromatic N) is 3. The number of fused-ring (bicyclic) bond motifs is 1. The highest BCUT2D eigenvalue weighted by Crippen LogP contribution is 2.25. The predicted molar refractivity (Wildman–Crippen MR) is 116 cm³/mol. The maximum absolute atomic E-state index is 13.5. The Bertz CT molecular complexity index is 1310. The number of carbonyl (C=O) groups excluding carboxylic acids is 1. The van der Waals surface area contributed by atoms with Crippen LogP contribution >= 0.6 is 0 Å². The van der Waals surface area contributed by atoms with Crippen molar-refractivity contribution in [2.75, 3.05) is 5.32 Å². The number of amides is 1. The van der Waals surface area contributed by atoms with E-state index in [9.17, 15) is 13.6 Å². The van der Waals surface area contributed by atoms with Gasteiger partial charge in [0.15, 0.2) is 0 Å². The molecule has 2 aromatic carbocycles. The number of halogens is 2. The lowest BCUT2D eigenvalue weighted by molar-refractivity contribution is 0.102. The Morgan fingerprint density at radius 1 is 1.00 bits per heavy atom. The van der Waals surface area contributed by atoms with Gasteiger partial charge in [-0.25, -0.2) is 8.78 Å². The van der Waals surface area contributed by atoms with Gasteiger partial charge in [-0.3, -0.25) is 14.5 Å². The molecule has 0 bridgehead atoms. The monoisotopic (exact) mass is 420 g/mol. The molecule has 7 heteroatoms. The summed E-state index contributed by atoms with van der Waals surface area (Å²) in [6.45, 7) is 7.60. The Hall–Kier alpha value is -3.61. The van der Waals surface area contributed by atoms with E-state index < -0.39 is 11.6 Å². The summed E-state index contributed by atoms with van der Waals surface area (Å²) in [5.74, 6) is -1.54. The summed E-state index contributed by atoms with van der Waals surface area (Å²) in [5.41, 5.74) is 5.42. The third-order valence-corrected chi connectivity index (χ3v) is 5.21. The fourth-order valence-corrected chi connectivity index (χ4v) is 3.75. The highest BCUT2D eigenvalue weighted by Gasteiger charge is 2.18. The van der Waals surface area contributed by atoms with Crippen LogP contribution in [0.25, 0.3) is 10.9 Å². The van der Waals surface area contributed by atoms with Crippen LogP contribution in [0.5, 0.6) is 0 Å². The van der Waals surface area contributed by atoms with Gasteiger partial charge in [-0.15, -0.1) is 0 Å². The lowest BCUT2D eigenvalue weighted by atomic mass is 10.0. The topological polar surface area (TPSA) is 59.8 Å². The third-order valence-electron chi connectivity index (χ3n) is 5.21. The van der Waals surface area contributed by atoms with Gasteiger partial charge >= 0.3 is 0 Å². The zero-order valence-electron chi connectivity index (χ0n) is 17.8. The first-order valence-electron chi connectivity index (χ1n) is 9.89. The molecule has 0 aliphatic carbocycles. The molecule has 0 saturated heterocycles. The summed E-state index contributed by atoms with van der Waals surface area (Å²) in [4.78, 5) is 17.7. The maximum Gasteiger partial charge on any atom is 0.256 e. The van der Waals surface area contributed by atoms with Crippen molar-refractivity contribution in [2.45, 2.75) is 34.2 Å². The summed E-state index contributed by atoms with van der Waals surface area (Å²) in [7, 11) is 0. The Balaban J connectivity index is 1.67. The number of anilines is 1. The van der Waals surface area contributed by atoms with Gasteiger partial charge in [-0.2, -0.15) is 5.10 Å². The van der Waals surface area contributed by atoms with Gasteiger partial charge < -0.3 is 5.32 Å². The maximum atomic E-state index is 13.5. The number of benzene rings is 2. The van der Waals surface area contributed by atoms with Crippen LogP contribution in [-0.4, -0.2) is 20.7 Å². The minimum absolute atomic E-state index is 0.188. The Morgan fingerprint density at radius 3 is 2.42 bits per heavy atom. The second-order valence-corrected chi connectivity index (χ2v) is 7.77. The summed E-state index contributed by atoms with van der Waals surface area (Å²) >= 11 is 0. The summed E-state index contributed by atoms with van der Waals surface area (Å²) in [6.07, 6.45) is 0. The molecular formula is C24H22F2N4O. The second-order valence-electron chi connectivity index (χ2n) is 7.77. The third kappa shape index (κ3) is 4.17. The number of hydrogen-bond acceptors (Lipinski definition) is 3. The smallest absolute Gasteiger partial charge is 0.256 e. The van der Waals surface area contributed by atoms with Gasteiger partial charge in [-0.1, -0.05) is 11.6 Å². The number of carbonyl (C=O) groups is 1. The fourth-order valence-electron chi connectivity index (χ4n) is 3.75. The number of aryl methyl sites for hydroxylation is 3. The molecule has 0 saturated carbocycles. The number of nitrogens with one attached hydrogen (secondary N) is 1. The largest absolute Gasteiger partial charge is 0.319 e. The van der Waals surface area contributed by atoms with E-state index in [0.717, 1.165) is 28.2 Å². The fraction of sp³-hybridized carbons (Fsp3) is 0.208. The highest BCUT2D eigenvalue weighted by atomic mass is 19.1. The van der Waals surface area contributed by atoms with Gasteiger partial charge in [-0.05, 0) is 63.6 Å². The van der Waals surface area contributed by atoms with Crippen LogP contribution in [0.15, 0.2) is 42.5 Å². The minimum atomic E-state index is -0.639. The van der Waals surface area contributed by atoms with Crippen LogP contribution in [0.1, 0.15) is 38.6 Å². The lowest BCUT2D eigenvalue weighted by Crippen LogP contribution is -2.14. The normalized spacial score (nSPS) is 11.2. The molecule has 2 aromatic heterocycles. The molecule has 4 aromatic rings. The number of aromatic nitrogens is 3. The van der Waals surface area contributed by atoms with E-state index in [0.29, 0.717) is 28.2 Å². The van der Waals surface area contributed by atoms with Crippen LogP contribution in [0.2, 0.25) is 0 Å². The van der Waals surface area contributed by atoms with Gasteiger partial charge in [0.05, 0.1) is 34.7 Å². The Labute approximate surface area is 178 Å². The molecule has 1 N–H and O–H groups in total. The minimum Gasteiger partial charge on any atom is -0.319 e. The van der Waals surface area contributed by atoms with E-state index in [1.54, 1.807) is 17.7 Å². The summed E-state index contributed by atoms with van der Waals surface area (Å²) in [6, 6.07) is 10.9. The zero-order valence-corrected chi connectivity index (χ0v) is 17.8. The molecule has 158 valence electrons. The predicted octanol–water partition coefficient (Wildman–Crippen LogP) is 5.24.